The number of halogens is 3. The summed E-state index contributed by atoms with van der Waals surface area (Å²) in [6, 6.07) is 5.18. The number of nitrogens with two attached hydrogens (primary N) is 1. The zero-order valence-corrected chi connectivity index (χ0v) is 9.37. The van der Waals surface area contributed by atoms with Crippen molar-refractivity contribution < 1.29 is 17.6 Å². The Morgan fingerprint density at radius 1 is 1.22 bits per heavy atom. The Bertz CT molecular complexity index is 534. The van der Waals surface area contributed by atoms with E-state index < -0.39 is 11.7 Å². The first-order valence-electron chi connectivity index (χ1n) is 5.33. The van der Waals surface area contributed by atoms with Crippen LogP contribution in [0.1, 0.15) is 11.3 Å². The summed E-state index contributed by atoms with van der Waals surface area (Å²) in [5.41, 5.74) is 4.52. The van der Waals surface area contributed by atoms with Crippen molar-refractivity contribution in [3.63, 3.8) is 0 Å². The first-order valence-corrected chi connectivity index (χ1v) is 5.33. The fourth-order valence-corrected chi connectivity index (χ4v) is 1.61. The number of benzene rings is 1. The normalized spacial score (nSPS) is 11.8. The molecular weight excluding hydrogens is 245 g/mol. The van der Waals surface area contributed by atoms with Gasteiger partial charge in [-0.3, -0.25) is 0 Å². The van der Waals surface area contributed by atoms with Gasteiger partial charge in [0.25, 0.3) is 0 Å². The van der Waals surface area contributed by atoms with Crippen LogP contribution in [0.4, 0.5) is 13.2 Å². The minimum absolute atomic E-state index is 0.0358. The lowest BCUT2D eigenvalue weighted by molar-refractivity contribution is -0.137. The molecular formula is C12H11F3N2O. The molecule has 0 fully saturated rings. The van der Waals surface area contributed by atoms with Crippen LogP contribution >= 0.6 is 0 Å². The molecule has 2 aromatic rings. The van der Waals surface area contributed by atoms with Crippen LogP contribution in [0.5, 0.6) is 0 Å². The molecule has 0 bridgehead atoms. The van der Waals surface area contributed by atoms with Crippen molar-refractivity contribution in [1.82, 2.24) is 4.98 Å². The van der Waals surface area contributed by atoms with Gasteiger partial charge >= 0.3 is 6.18 Å². The largest absolute Gasteiger partial charge is 0.441 e. The molecule has 6 heteroatoms. The van der Waals surface area contributed by atoms with E-state index in [0.717, 1.165) is 6.07 Å². The fourth-order valence-electron chi connectivity index (χ4n) is 1.61. The zero-order valence-electron chi connectivity index (χ0n) is 9.37. The van der Waals surface area contributed by atoms with Gasteiger partial charge in [-0.2, -0.15) is 13.2 Å². The van der Waals surface area contributed by atoms with Gasteiger partial charge in [-0.05, 0) is 18.7 Å². The highest BCUT2D eigenvalue weighted by molar-refractivity contribution is 5.59. The van der Waals surface area contributed by atoms with E-state index in [1.54, 1.807) is 0 Å². The molecule has 1 aromatic heterocycles. The first-order chi connectivity index (χ1) is 8.52. The predicted molar refractivity (Wildman–Crippen MR) is 59.7 cm³/mol. The maximum Gasteiger partial charge on any atom is 0.417 e. The number of oxazole rings is 1. The van der Waals surface area contributed by atoms with Gasteiger partial charge < -0.3 is 10.2 Å². The monoisotopic (exact) mass is 256 g/mol. The van der Waals surface area contributed by atoms with Crippen LogP contribution in [0.25, 0.3) is 11.5 Å². The highest BCUT2D eigenvalue weighted by Gasteiger charge is 2.34. The quantitative estimate of drug-likeness (QED) is 0.918. The highest BCUT2D eigenvalue weighted by atomic mass is 19.4. The van der Waals surface area contributed by atoms with Gasteiger partial charge in [-0.25, -0.2) is 4.98 Å². The molecule has 0 spiro atoms. The summed E-state index contributed by atoms with van der Waals surface area (Å²) in [6.45, 7) is 0.357. The van der Waals surface area contributed by atoms with Gasteiger partial charge in [0.05, 0.1) is 11.8 Å². The Hall–Kier alpha value is -1.82. The number of aromatic nitrogens is 1. The summed E-state index contributed by atoms with van der Waals surface area (Å²) < 4.78 is 43.7. The zero-order chi connectivity index (χ0) is 13.2. The average molecular weight is 256 g/mol. The second-order valence-corrected chi connectivity index (χ2v) is 3.71. The maximum absolute atomic E-state index is 12.8. The Balaban J connectivity index is 2.43. The second kappa shape index (κ2) is 4.81. The van der Waals surface area contributed by atoms with Gasteiger partial charge in [0.15, 0.2) is 0 Å². The van der Waals surface area contributed by atoms with Gasteiger partial charge in [0.1, 0.15) is 5.76 Å². The van der Waals surface area contributed by atoms with E-state index in [1.165, 1.54) is 24.4 Å². The van der Waals surface area contributed by atoms with Crippen molar-refractivity contribution in [1.29, 1.82) is 0 Å². The number of alkyl halides is 3. The van der Waals surface area contributed by atoms with E-state index >= 15 is 0 Å². The molecule has 0 unspecified atom stereocenters. The molecule has 0 radical (unpaired) electrons. The molecule has 0 atom stereocenters. The molecule has 96 valence electrons. The fraction of sp³-hybridized carbons (Fsp3) is 0.250. The number of nitrogens with zero attached hydrogens (tertiary/aromatic N) is 1. The van der Waals surface area contributed by atoms with Crippen molar-refractivity contribution in [3.05, 3.63) is 41.8 Å². The van der Waals surface area contributed by atoms with E-state index in [4.69, 9.17) is 10.2 Å². The van der Waals surface area contributed by atoms with Crippen LogP contribution in [0.3, 0.4) is 0 Å². The summed E-state index contributed by atoms with van der Waals surface area (Å²) in [5.74, 6) is 0.441. The average Bonchev–Trinajstić information content (AvgIpc) is 2.77. The second-order valence-electron chi connectivity index (χ2n) is 3.71. The van der Waals surface area contributed by atoms with Crippen LogP contribution in [0.2, 0.25) is 0 Å². The standard InChI is InChI=1S/C12H11F3N2O/c13-12(14,15)10-4-2-1-3-9(10)11-17-7-8(18-11)5-6-16/h1-4,7H,5-6,16H2. The Morgan fingerprint density at radius 3 is 2.61 bits per heavy atom. The van der Waals surface area contributed by atoms with Crippen molar-refractivity contribution in [2.24, 2.45) is 5.73 Å². The summed E-state index contributed by atoms with van der Waals surface area (Å²) >= 11 is 0. The van der Waals surface area contributed by atoms with Crippen LogP contribution in [-0.4, -0.2) is 11.5 Å². The van der Waals surface area contributed by atoms with Crippen molar-refractivity contribution in [3.8, 4) is 11.5 Å². The van der Waals surface area contributed by atoms with Gasteiger partial charge in [-0.15, -0.1) is 0 Å². The minimum atomic E-state index is -4.43. The van der Waals surface area contributed by atoms with Crippen molar-refractivity contribution >= 4 is 0 Å². The molecule has 1 aromatic carbocycles. The van der Waals surface area contributed by atoms with E-state index in [9.17, 15) is 13.2 Å². The molecule has 1 heterocycles. The number of hydrogen-bond donors (Lipinski definition) is 1. The van der Waals surface area contributed by atoms with Gasteiger partial charge in [-0.1, -0.05) is 12.1 Å². The molecule has 0 saturated heterocycles. The molecule has 2 N–H and O–H groups in total. The topological polar surface area (TPSA) is 52.0 Å². The van der Waals surface area contributed by atoms with E-state index in [0.29, 0.717) is 18.7 Å². The molecule has 18 heavy (non-hydrogen) atoms. The third kappa shape index (κ3) is 2.53. The predicted octanol–water partition coefficient (Wildman–Crippen LogP) is 2.86. The highest BCUT2D eigenvalue weighted by Crippen LogP contribution is 2.36. The summed E-state index contributed by atoms with van der Waals surface area (Å²) in [6.07, 6.45) is -2.59. The number of hydrogen-bond acceptors (Lipinski definition) is 3. The van der Waals surface area contributed by atoms with Crippen molar-refractivity contribution in [2.45, 2.75) is 12.6 Å². The Morgan fingerprint density at radius 2 is 1.94 bits per heavy atom. The van der Waals surface area contributed by atoms with Crippen molar-refractivity contribution in [2.75, 3.05) is 6.54 Å². The van der Waals surface area contributed by atoms with E-state index in [-0.39, 0.29) is 11.5 Å². The lowest BCUT2D eigenvalue weighted by atomic mass is 10.1. The lowest BCUT2D eigenvalue weighted by Gasteiger charge is -2.09. The van der Waals surface area contributed by atoms with Gasteiger partial charge in [0.2, 0.25) is 5.89 Å². The van der Waals surface area contributed by atoms with E-state index in [2.05, 4.69) is 4.98 Å². The van der Waals surface area contributed by atoms with Crippen LogP contribution in [0, 0.1) is 0 Å². The molecule has 0 aliphatic carbocycles. The molecule has 0 aliphatic rings. The summed E-state index contributed by atoms with van der Waals surface area (Å²) in [4.78, 5) is 3.86. The Kier molecular flexibility index (Phi) is 3.38. The SMILES string of the molecule is NCCc1cnc(-c2ccccc2C(F)(F)F)o1. The van der Waals surface area contributed by atoms with Gasteiger partial charge in [0, 0.05) is 12.0 Å². The Labute approximate surface area is 101 Å². The van der Waals surface area contributed by atoms with E-state index in [1.807, 2.05) is 0 Å². The molecule has 2 rings (SSSR count). The summed E-state index contributed by atoms with van der Waals surface area (Å²) in [5, 5.41) is 0. The smallest absolute Gasteiger partial charge is 0.417 e. The molecule has 0 saturated carbocycles. The van der Waals surface area contributed by atoms with Crippen LogP contribution in [-0.2, 0) is 12.6 Å². The van der Waals surface area contributed by atoms with Crippen LogP contribution in [0.15, 0.2) is 34.9 Å². The molecule has 0 amide bonds. The lowest BCUT2D eigenvalue weighted by Crippen LogP contribution is -2.06. The number of rotatable bonds is 3. The molecule has 0 aliphatic heterocycles. The summed E-state index contributed by atoms with van der Waals surface area (Å²) in [7, 11) is 0. The van der Waals surface area contributed by atoms with Crippen LogP contribution < -0.4 is 5.73 Å². The third-order valence-corrected chi connectivity index (χ3v) is 2.41. The third-order valence-electron chi connectivity index (χ3n) is 2.41. The maximum atomic E-state index is 12.8. The minimum Gasteiger partial charge on any atom is -0.441 e. The molecule has 3 nitrogen and oxygen atoms in total. The first kappa shape index (κ1) is 12.6.